The predicted molar refractivity (Wildman–Crippen MR) is 54.8 cm³/mol. The largest absolute Gasteiger partial charge is 0.300 e. The molecule has 0 heterocycles. The second-order valence-corrected chi connectivity index (χ2v) is 3.38. The van der Waals surface area contributed by atoms with Crippen molar-refractivity contribution < 1.29 is 4.79 Å². The minimum atomic E-state index is 0.348. The van der Waals surface area contributed by atoms with E-state index in [4.69, 9.17) is 0 Å². The van der Waals surface area contributed by atoms with Crippen molar-refractivity contribution in [1.29, 1.82) is 0 Å². The molecule has 0 aromatic heterocycles. The maximum Gasteiger partial charge on any atom is 0.132 e. The summed E-state index contributed by atoms with van der Waals surface area (Å²) in [7, 11) is 0. The van der Waals surface area contributed by atoms with Gasteiger partial charge in [-0.15, -0.1) is 0 Å². The summed E-state index contributed by atoms with van der Waals surface area (Å²) in [5.74, 6) is 0.348. The van der Waals surface area contributed by atoms with Crippen LogP contribution in [0.4, 0.5) is 0 Å². The van der Waals surface area contributed by atoms with Gasteiger partial charge in [0.25, 0.3) is 0 Å². The number of carbonyl (C=O) groups is 1. The lowest BCUT2D eigenvalue weighted by Crippen LogP contribution is -1.97. The van der Waals surface area contributed by atoms with Crippen molar-refractivity contribution in [3.8, 4) is 0 Å². The molecule has 0 unspecified atom stereocenters. The number of hydrogen-bond donors (Lipinski definition) is 0. The molecule has 0 fully saturated rings. The van der Waals surface area contributed by atoms with E-state index in [0.717, 1.165) is 6.42 Å². The topological polar surface area (TPSA) is 17.1 Å². The Hall–Kier alpha value is -1.11. The lowest BCUT2D eigenvalue weighted by atomic mass is 10.1. The molecular formula is C12H16O. The Labute approximate surface area is 79.8 Å². The lowest BCUT2D eigenvalue weighted by Gasteiger charge is -2.00. The molecule has 0 spiro atoms. The van der Waals surface area contributed by atoms with Crippen LogP contribution in [0.1, 0.15) is 30.9 Å². The van der Waals surface area contributed by atoms with Crippen molar-refractivity contribution in [2.45, 2.75) is 33.1 Å². The summed E-state index contributed by atoms with van der Waals surface area (Å²) in [6.45, 7) is 3.98. The summed E-state index contributed by atoms with van der Waals surface area (Å²) < 4.78 is 0. The number of hydrogen-bond acceptors (Lipinski definition) is 1. The van der Waals surface area contributed by atoms with Gasteiger partial charge >= 0.3 is 0 Å². The van der Waals surface area contributed by atoms with Gasteiger partial charge < -0.3 is 0 Å². The Kier molecular flexibility index (Phi) is 3.69. The Morgan fingerprint density at radius 2 is 1.85 bits per heavy atom. The third kappa shape index (κ3) is 3.41. The van der Waals surface area contributed by atoms with Crippen molar-refractivity contribution in [2.24, 2.45) is 0 Å². The zero-order valence-electron chi connectivity index (χ0n) is 8.34. The molecule has 1 nitrogen and oxygen atoms in total. The van der Waals surface area contributed by atoms with Gasteiger partial charge in [0.05, 0.1) is 0 Å². The maximum atomic E-state index is 11.1. The van der Waals surface area contributed by atoms with Crippen LogP contribution < -0.4 is 0 Å². The van der Waals surface area contributed by atoms with Gasteiger partial charge in [-0.25, -0.2) is 0 Å². The Balaban J connectivity index is 2.46. The first-order chi connectivity index (χ1) is 6.22. The quantitative estimate of drug-likeness (QED) is 0.689. The number of rotatable bonds is 4. The average molecular weight is 176 g/mol. The van der Waals surface area contributed by atoms with E-state index in [2.05, 4.69) is 31.2 Å². The standard InChI is InChI=1S/C12H16O/c1-3-12(13)9-8-11-6-4-10(2)5-7-11/h4-7H,3,8-9H2,1-2H3. The zero-order valence-corrected chi connectivity index (χ0v) is 8.34. The van der Waals surface area contributed by atoms with Gasteiger partial charge in [0, 0.05) is 12.8 Å². The fourth-order valence-electron chi connectivity index (χ4n) is 1.22. The Morgan fingerprint density at radius 3 is 2.38 bits per heavy atom. The van der Waals surface area contributed by atoms with E-state index < -0.39 is 0 Å². The minimum Gasteiger partial charge on any atom is -0.300 e. The zero-order chi connectivity index (χ0) is 9.68. The maximum absolute atomic E-state index is 11.1. The molecule has 0 aliphatic carbocycles. The molecule has 0 radical (unpaired) electrons. The number of carbonyl (C=O) groups excluding carboxylic acids is 1. The second-order valence-electron chi connectivity index (χ2n) is 3.38. The summed E-state index contributed by atoms with van der Waals surface area (Å²) >= 11 is 0. The fraction of sp³-hybridized carbons (Fsp3) is 0.417. The van der Waals surface area contributed by atoms with E-state index in [1.54, 1.807) is 0 Å². The summed E-state index contributed by atoms with van der Waals surface area (Å²) in [5, 5.41) is 0. The summed E-state index contributed by atoms with van der Waals surface area (Å²) in [6, 6.07) is 8.37. The smallest absolute Gasteiger partial charge is 0.132 e. The van der Waals surface area contributed by atoms with Crippen molar-refractivity contribution in [3.63, 3.8) is 0 Å². The molecule has 0 amide bonds. The highest BCUT2D eigenvalue weighted by atomic mass is 16.1. The molecule has 0 aliphatic heterocycles. The third-order valence-electron chi connectivity index (χ3n) is 2.21. The van der Waals surface area contributed by atoms with E-state index in [1.165, 1.54) is 11.1 Å². The summed E-state index contributed by atoms with van der Waals surface area (Å²) in [6.07, 6.45) is 2.22. The fourth-order valence-corrected chi connectivity index (χ4v) is 1.22. The van der Waals surface area contributed by atoms with Crippen LogP contribution in [0.25, 0.3) is 0 Å². The molecule has 13 heavy (non-hydrogen) atoms. The van der Waals surface area contributed by atoms with Gasteiger partial charge in [-0.05, 0) is 18.9 Å². The van der Waals surface area contributed by atoms with Gasteiger partial charge in [-0.3, -0.25) is 4.79 Å². The highest BCUT2D eigenvalue weighted by molar-refractivity contribution is 5.78. The molecule has 1 rings (SSSR count). The molecule has 1 aromatic rings. The molecule has 1 aromatic carbocycles. The first-order valence-electron chi connectivity index (χ1n) is 4.79. The molecule has 1 heteroatoms. The van der Waals surface area contributed by atoms with Gasteiger partial charge in [0.15, 0.2) is 0 Å². The van der Waals surface area contributed by atoms with Crippen LogP contribution in [0, 0.1) is 6.92 Å². The van der Waals surface area contributed by atoms with Crippen LogP contribution in [0.5, 0.6) is 0 Å². The Morgan fingerprint density at radius 1 is 1.23 bits per heavy atom. The van der Waals surface area contributed by atoms with Crippen LogP contribution in [0.3, 0.4) is 0 Å². The van der Waals surface area contributed by atoms with Crippen molar-refractivity contribution in [2.75, 3.05) is 0 Å². The highest BCUT2D eigenvalue weighted by Gasteiger charge is 1.98. The first kappa shape index (κ1) is 9.97. The van der Waals surface area contributed by atoms with E-state index in [1.807, 2.05) is 6.92 Å². The van der Waals surface area contributed by atoms with Crippen molar-refractivity contribution in [3.05, 3.63) is 35.4 Å². The third-order valence-corrected chi connectivity index (χ3v) is 2.21. The lowest BCUT2D eigenvalue weighted by molar-refractivity contribution is -0.118. The molecule has 0 saturated heterocycles. The molecule has 0 bridgehead atoms. The predicted octanol–water partition coefficient (Wildman–Crippen LogP) is 2.91. The minimum absolute atomic E-state index is 0.348. The summed E-state index contributed by atoms with van der Waals surface area (Å²) in [5.41, 5.74) is 2.53. The van der Waals surface area contributed by atoms with E-state index >= 15 is 0 Å². The van der Waals surface area contributed by atoms with Gasteiger partial charge in [0.1, 0.15) is 5.78 Å². The van der Waals surface area contributed by atoms with Crippen LogP contribution in [0.2, 0.25) is 0 Å². The van der Waals surface area contributed by atoms with Crippen molar-refractivity contribution >= 4 is 5.78 Å². The van der Waals surface area contributed by atoms with Gasteiger partial charge in [-0.1, -0.05) is 36.8 Å². The molecule has 0 N–H and O–H groups in total. The normalized spacial score (nSPS) is 10.0. The SMILES string of the molecule is CCC(=O)CCc1ccc(C)cc1. The number of Topliss-reactive ketones (excluding diaryl/α,β-unsaturated/α-hetero) is 1. The van der Waals surface area contributed by atoms with Gasteiger partial charge in [0.2, 0.25) is 0 Å². The summed E-state index contributed by atoms with van der Waals surface area (Å²) in [4.78, 5) is 11.1. The van der Waals surface area contributed by atoms with Crippen LogP contribution in [0.15, 0.2) is 24.3 Å². The number of benzene rings is 1. The van der Waals surface area contributed by atoms with Crippen molar-refractivity contribution in [1.82, 2.24) is 0 Å². The molecule has 0 saturated carbocycles. The Bertz CT molecular complexity index is 272. The molecule has 0 aliphatic rings. The number of aryl methyl sites for hydroxylation is 2. The van der Waals surface area contributed by atoms with E-state index in [-0.39, 0.29) is 0 Å². The van der Waals surface area contributed by atoms with E-state index in [0.29, 0.717) is 18.6 Å². The first-order valence-corrected chi connectivity index (χ1v) is 4.79. The molecular weight excluding hydrogens is 160 g/mol. The van der Waals surface area contributed by atoms with E-state index in [9.17, 15) is 4.79 Å². The van der Waals surface area contributed by atoms with Crippen LogP contribution in [-0.2, 0) is 11.2 Å². The average Bonchev–Trinajstić information content (AvgIpc) is 2.16. The monoisotopic (exact) mass is 176 g/mol. The van der Waals surface area contributed by atoms with Gasteiger partial charge in [-0.2, -0.15) is 0 Å². The van der Waals surface area contributed by atoms with Crippen LogP contribution in [-0.4, -0.2) is 5.78 Å². The van der Waals surface area contributed by atoms with Crippen LogP contribution >= 0.6 is 0 Å². The molecule has 0 atom stereocenters. The second kappa shape index (κ2) is 4.80. The molecule has 70 valence electrons. The highest BCUT2D eigenvalue weighted by Crippen LogP contribution is 2.06. The number of ketones is 1.